The van der Waals surface area contributed by atoms with Gasteiger partial charge in [0, 0.05) is 10.6 Å². The Hall–Kier alpha value is -1.31. The van der Waals surface area contributed by atoms with Gasteiger partial charge in [-0.2, -0.15) is 0 Å². The van der Waals surface area contributed by atoms with Crippen LogP contribution in [-0.2, 0) is 5.54 Å². The molecule has 0 saturated carbocycles. The molecule has 1 nitrogen and oxygen atoms in total. The number of hydrogen-bond acceptors (Lipinski definition) is 0. The van der Waals surface area contributed by atoms with Gasteiger partial charge in [0.2, 0.25) is 0 Å². The fourth-order valence-corrected chi connectivity index (χ4v) is 2.43. The van der Waals surface area contributed by atoms with Crippen LogP contribution in [0, 0.1) is 0 Å². The fourth-order valence-electron chi connectivity index (χ4n) is 2.30. The van der Waals surface area contributed by atoms with Gasteiger partial charge in [0.05, 0.1) is 14.1 Å². The minimum absolute atomic E-state index is 0.0358. The summed E-state index contributed by atoms with van der Waals surface area (Å²) in [5.74, 6) is 0. The second kappa shape index (κ2) is 4.99. The summed E-state index contributed by atoms with van der Waals surface area (Å²) in [6, 6.07) is 18.7. The van der Waals surface area contributed by atoms with E-state index in [0.717, 1.165) is 9.51 Å². The molecule has 0 spiro atoms. The third-order valence-electron chi connectivity index (χ3n) is 4.35. The van der Waals surface area contributed by atoms with Crippen molar-refractivity contribution in [1.29, 1.82) is 0 Å². The van der Waals surface area contributed by atoms with Gasteiger partial charge in [-0.15, -0.1) is 0 Å². The number of rotatable bonds is 3. The van der Waals surface area contributed by atoms with Crippen molar-refractivity contribution in [2.24, 2.45) is 0 Å². The first-order chi connectivity index (χ1) is 8.85. The number of nitrogens with zero attached hydrogens (tertiary/aromatic N) is 1. The maximum absolute atomic E-state index is 5.99. The van der Waals surface area contributed by atoms with Crippen LogP contribution in [0.15, 0.2) is 54.6 Å². The molecule has 0 radical (unpaired) electrons. The summed E-state index contributed by atoms with van der Waals surface area (Å²) < 4.78 is 0.787. The zero-order chi connectivity index (χ0) is 14.1. The smallest absolute Gasteiger partial charge is 0.133 e. The van der Waals surface area contributed by atoms with Crippen LogP contribution in [0.5, 0.6) is 0 Å². The van der Waals surface area contributed by atoms with Gasteiger partial charge in [-0.25, -0.2) is 0 Å². The molecule has 0 aliphatic rings. The maximum Gasteiger partial charge on any atom is 0.133 e. The van der Waals surface area contributed by atoms with Crippen LogP contribution < -0.4 is 4.48 Å². The van der Waals surface area contributed by atoms with Crippen LogP contribution in [0.1, 0.15) is 19.4 Å². The first-order valence-electron chi connectivity index (χ1n) is 6.51. The highest BCUT2D eigenvalue weighted by Crippen LogP contribution is 2.37. The second-order valence-corrected chi connectivity index (χ2v) is 6.29. The van der Waals surface area contributed by atoms with Crippen LogP contribution >= 0.6 is 11.6 Å². The summed E-state index contributed by atoms with van der Waals surface area (Å²) in [7, 11) is 4.48. The minimum Gasteiger partial charge on any atom is -0.288 e. The van der Waals surface area contributed by atoms with Crippen molar-refractivity contribution >= 4 is 17.3 Å². The molecular weight excluding hydrogens is 254 g/mol. The molecule has 0 N–H and O–H groups in total. The Kier molecular flexibility index (Phi) is 3.71. The first kappa shape index (κ1) is 14.1. The van der Waals surface area contributed by atoms with Gasteiger partial charge in [0.25, 0.3) is 0 Å². The predicted octanol–water partition coefficient (Wildman–Crippen LogP) is 4.84. The lowest BCUT2D eigenvalue weighted by Gasteiger charge is -2.44. The van der Waals surface area contributed by atoms with E-state index >= 15 is 0 Å². The molecule has 2 aromatic rings. The second-order valence-electron chi connectivity index (χ2n) is 5.85. The Morgan fingerprint density at radius 3 is 1.89 bits per heavy atom. The number of benzene rings is 2. The molecule has 2 aromatic carbocycles. The van der Waals surface area contributed by atoms with Crippen molar-refractivity contribution in [3.05, 3.63) is 65.2 Å². The van der Waals surface area contributed by atoms with Crippen LogP contribution in [0.25, 0.3) is 0 Å². The minimum atomic E-state index is -0.0358. The molecule has 0 amide bonds. The summed E-state index contributed by atoms with van der Waals surface area (Å²) in [6.45, 7) is 4.53. The molecule has 0 aliphatic carbocycles. The molecule has 0 atom stereocenters. The molecule has 0 aliphatic heterocycles. The lowest BCUT2D eigenvalue weighted by atomic mass is 9.89. The zero-order valence-electron chi connectivity index (χ0n) is 12.0. The molecule has 0 fully saturated rings. The van der Waals surface area contributed by atoms with Crippen LogP contribution in [0.3, 0.4) is 0 Å². The summed E-state index contributed by atoms with van der Waals surface area (Å²) >= 11 is 5.99. The molecular formula is C17H21ClN+. The maximum atomic E-state index is 5.99. The van der Waals surface area contributed by atoms with Crippen molar-refractivity contribution in [2.45, 2.75) is 19.4 Å². The van der Waals surface area contributed by atoms with Crippen LogP contribution in [0.2, 0.25) is 5.02 Å². The molecule has 0 heterocycles. The molecule has 100 valence electrons. The molecule has 0 aromatic heterocycles. The number of para-hydroxylation sites is 1. The highest BCUT2D eigenvalue weighted by molar-refractivity contribution is 6.30. The van der Waals surface area contributed by atoms with Crippen molar-refractivity contribution < 1.29 is 0 Å². The van der Waals surface area contributed by atoms with Crippen molar-refractivity contribution in [1.82, 2.24) is 4.48 Å². The SMILES string of the molecule is CC(C)(c1ccc(Cl)cc1)[N+](C)(C)c1ccccc1. The third-order valence-corrected chi connectivity index (χ3v) is 4.60. The largest absolute Gasteiger partial charge is 0.288 e. The van der Waals surface area contributed by atoms with Crippen LogP contribution in [-0.4, -0.2) is 14.1 Å². The van der Waals surface area contributed by atoms with E-state index in [2.05, 4.69) is 70.4 Å². The summed E-state index contributed by atoms with van der Waals surface area (Å²) in [5, 5.41) is 0.782. The Bertz CT molecular complexity index is 541. The molecule has 19 heavy (non-hydrogen) atoms. The van der Waals surface area contributed by atoms with E-state index in [1.165, 1.54) is 11.3 Å². The number of hydrogen-bond donors (Lipinski definition) is 0. The van der Waals surface area contributed by atoms with Crippen molar-refractivity contribution in [3.8, 4) is 0 Å². The topological polar surface area (TPSA) is 0 Å². The third kappa shape index (κ3) is 2.54. The lowest BCUT2D eigenvalue weighted by molar-refractivity contribution is 0.198. The Labute approximate surface area is 121 Å². The van der Waals surface area contributed by atoms with Gasteiger partial charge in [-0.3, -0.25) is 4.48 Å². The predicted molar refractivity (Wildman–Crippen MR) is 84.6 cm³/mol. The number of quaternary nitrogens is 1. The van der Waals surface area contributed by atoms with Gasteiger partial charge in [-0.05, 0) is 38.1 Å². The highest BCUT2D eigenvalue weighted by Gasteiger charge is 2.39. The standard InChI is InChI=1S/C17H21ClN/c1-17(2,14-10-12-15(18)13-11-14)19(3,4)16-8-6-5-7-9-16/h5-13H,1-4H3/q+1. The van der Waals surface area contributed by atoms with E-state index in [4.69, 9.17) is 11.6 Å². The van der Waals surface area contributed by atoms with Gasteiger partial charge >= 0.3 is 0 Å². The molecule has 0 bridgehead atoms. The molecule has 0 unspecified atom stereocenters. The molecule has 2 heteroatoms. The summed E-state index contributed by atoms with van der Waals surface area (Å²) in [4.78, 5) is 0. The van der Waals surface area contributed by atoms with Gasteiger partial charge in [-0.1, -0.05) is 41.9 Å². The van der Waals surface area contributed by atoms with Crippen molar-refractivity contribution in [2.75, 3.05) is 14.1 Å². The summed E-state index contributed by atoms with van der Waals surface area (Å²) in [5.41, 5.74) is 2.54. The first-order valence-corrected chi connectivity index (χ1v) is 6.89. The Balaban J connectivity index is 2.46. The van der Waals surface area contributed by atoms with Gasteiger partial charge in [0.1, 0.15) is 11.2 Å². The van der Waals surface area contributed by atoms with E-state index in [0.29, 0.717) is 0 Å². The number of halogens is 1. The Morgan fingerprint density at radius 2 is 1.37 bits per heavy atom. The van der Waals surface area contributed by atoms with Crippen LogP contribution in [0.4, 0.5) is 5.69 Å². The average molecular weight is 275 g/mol. The van der Waals surface area contributed by atoms with E-state index in [-0.39, 0.29) is 5.54 Å². The van der Waals surface area contributed by atoms with Gasteiger partial charge < -0.3 is 0 Å². The van der Waals surface area contributed by atoms with E-state index in [1.807, 2.05) is 12.1 Å². The van der Waals surface area contributed by atoms with Crippen molar-refractivity contribution in [3.63, 3.8) is 0 Å². The van der Waals surface area contributed by atoms with Gasteiger partial charge in [0.15, 0.2) is 0 Å². The Morgan fingerprint density at radius 1 is 0.842 bits per heavy atom. The zero-order valence-corrected chi connectivity index (χ0v) is 12.8. The molecule has 2 rings (SSSR count). The van der Waals surface area contributed by atoms with E-state index < -0.39 is 0 Å². The normalized spacial score (nSPS) is 12.5. The van der Waals surface area contributed by atoms with E-state index in [9.17, 15) is 0 Å². The lowest BCUT2D eigenvalue weighted by Crippen LogP contribution is -2.55. The highest BCUT2D eigenvalue weighted by atomic mass is 35.5. The quantitative estimate of drug-likeness (QED) is 0.703. The van der Waals surface area contributed by atoms with E-state index in [1.54, 1.807) is 0 Å². The fraction of sp³-hybridized carbons (Fsp3) is 0.294. The monoisotopic (exact) mass is 274 g/mol. The summed E-state index contributed by atoms with van der Waals surface area (Å²) in [6.07, 6.45) is 0. The average Bonchev–Trinajstić information content (AvgIpc) is 2.40. The molecule has 0 saturated heterocycles.